The molecule has 2 heterocycles. The molecule has 5 nitrogen and oxygen atoms in total. The molecule has 0 bridgehead atoms. The number of carbonyl (C=O) groups excluding carboxylic acids is 1. The summed E-state index contributed by atoms with van der Waals surface area (Å²) in [4.78, 5) is 14.4. The highest BCUT2D eigenvalue weighted by molar-refractivity contribution is 5.77. The molecule has 0 spiro atoms. The molecule has 1 aromatic heterocycles. The molecule has 0 radical (unpaired) electrons. The van der Waals surface area contributed by atoms with E-state index in [4.69, 9.17) is 0 Å². The van der Waals surface area contributed by atoms with Crippen molar-refractivity contribution < 1.29 is 4.79 Å². The first-order chi connectivity index (χ1) is 12.0. The molecule has 3 rings (SSSR count). The van der Waals surface area contributed by atoms with Gasteiger partial charge in [-0.15, -0.1) is 0 Å². The Morgan fingerprint density at radius 2 is 2.12 bits per heavy atom. The fourth-order valence-corrected chi connectivity index (χ4v) is 3.26. The monoisotopic (exact) mass is 338 g/mol. The number of aromatic nitrogens is 2. The smallest absolute Gasteiger partial charge is 0.318 e. The average Bonchev–Trinajstić information content (AvgIpc) is 2.94. The number of hydrogen-bond donors (Lipinski definition) is 1. The van der Waals surface area contributed by atoms with Crippen molar-refractivity contribution in [3.8, 4) is 0 Å². The van der Waals surface area contributed by atoms with Crippen molar-refractivity contribution in [1.82, 2.24) is 20.0 Å². The molecule has 0 fully saturated rings. The largest absolute Gasteiger partial charge is 0.331 e. The highest BCUT2D eigenvalue weighted by atomic mass is 16.2. The van der Waals surface area contributed by atoms with Gasteiger partial charge in [-0.05, 0) is 38.3 Å². The number of amides is 2. The van der Waals surface area contributed by atoms with E-state index in [-0.39, 0.29) is 12.1 Å². The van der Waals surface area contributed by atoms with Crippen molar-refractivity contribution in [2.45, 2.75) is 33.2 Å². The second-order valence-electron chi connectivity index (χ2n) is 6.77. The number of hydrogen-bond acceptors (Lipinski definition) is 2. The molecule has 2 aromatic rings. The van der Waals surface area contributed by atoms with E-state index in [0.717, 1.165) is 24.2 Å². The van der Waals surface area contributed by atoms with Crippen LogP contribution in [0.5, 0.6) is 0 Å². The molecule has 1 aliphatic rings. The molecule has 2 amide bonds. The summed E-state index contributed by atoms with van der Waals surface area (Å²) in [5.41, 5.74) is 5.99. The predicted octanol–water partition coefficient (Wildman–Crippen LogP) is 3.60. The summed E-state index contributed by atoms with van der Waals surface area (Å²) in [5.74, 6) is 0. The molecule has 1 aromatic carbocycles. The summed E-state index contributed by atoms with van der Waals surface area (Å²) < 4.78 is 1.83. The third-order valence-electron chi connectivity index (χ3n) is 4.96. The van der Waals surface area contributed by atoms with Gasteiger partial charge in [0.15, 0.2) is 0 Å². The lowest BCUT2D eigenvalue weighted by atomic mass is 9.98. The van der Waals surface area contributed by atoms with Crippen LogP contribution in [-0.2, 0) is 7.05 Å². The number of carbonyl (C=O) groups is 1. The number of benzene rings is 1. The summed E-state index contributed by atoms with van der Waals surface area (Å²) in [6, 6.07) is 8.46. The molecular weight excluding hydrogens is 312 g/mol. The number of rotatable bonds is 3. The number of urea groups is 1. The van der Waals surface area contributed by atoms with E-state index in [1.807, 2.05) is 36.7 Å². The van der Waals surface area contributed by atoms with Crippen molar-refractivity contribution in [2.24, 2.45) is 7.05 Å². The SMILES string of the molecule is Cc1cccc(C2=CCN(C(=O)N[C@@H](C)c3cnn(C)c3C)CC2)c1. The highest BCUT2D eigenvalue weighted by Crippen LogP contribution is 2.23. The number of aryl methyl sites for hydroxylation is 2. The summed E-state index contributed by atoms with van der Waals surface area (Å²) in [5, 5.41) is 7.34. The van der Waals surface area contributed by atoms with Gasteiger partial charge in [0.25, 0.3) is 0 Å². The summed E-state index contributed by atoms with van der Waals surface area (Å²) in [6.45, 7) is 7.51. The van der Waals surface area contributed by atoms with Gasteiger partial charge in [-0.3, -0.25) is 4.68 Å². The average molecular weight is 338 g/mol. The van der Waals surface area contributed by atoms with Gasteiger partial charge in [0, 0.05) is 31.4 Å². The Hall–Kier alpha value is -2.56. The minimum atomic E-state index is -0.0525. The van der Waals surface area contributed by atoms with Crippen LogP contribution >= 0.6 is 0 Å². The second-order valence-corrected chi connectivity index (χ2v) is 6.77. The van der Waals surface area contributed by atoms with Crippen LogP contribution < -0.4 is 5.32 Å². The fraction of sp³-hybridized carbons (Fsp3) is 0.400. The van der Waals surface area contributed by atoms with Crippen LogP contribution in [0.25, 0.3) is 5.57 Å². The Morgan fingerprint density at radius 3 is 2.72 bits per heavy atom. The predicted molar refractivity (Wildman–Crippen MR) is 100 cm³/mol. The lowest BCUT2D eigenvalue weighted by Gasteiger charge is -2.28. The van der Waals surface area contributed by atoms with E-state index >= 15 is 0 Å². The van der Waals surface area contributed by atoms with Crippen molar-refractivity contribution in [1.29, 1.82) is 0 Å². The third kappa shape index (κ3) is 3.76. The van der Waals surface area contributed by atoms with Crippen LogP contribution in [0.3, 0.4) is 0 Å². The molecule has 0 aliphatic carbocycles. The Morgan fingerprint density at radius 1 is 1.32 bits per heavy atom. The van der Waals surface area contributed by atoms with Crippen molar-refractivity contribution in [3.05, 3.63) is 58.9 Å². The normalized spacial score (nSPS) is 15.7. The Labute approximate surface area is 149 Å². The molecule has 1 N–H and O–H groups in total. The zero-order chi connectivity index (χ0) is 18.0. The molecule has 1 aliphatic heterocycles. The van der Waals surface area contributed by atoms with Gasteiger partial charge in [0.2, 0.25) is 0 Å². The van der Waals surface area contributed by atoms with Crippen LogP contribution in [0.4, 0.5) is 4.79 Å². The maximum absolute atomic E-state index is 12.6. The summed E-state index contributed by atoms with van der Waals surface area (Å²) in [7, 11) is 1.91. The molecule has 0 saturated carbocycles. The quantitative estimate of drug-likeness (QED) is 0.930. The van der Waals surface area contributed by atoms with Crippen molar-refractivity contribution >= 4 is 11.6 Å². The Kier molecular flexibility index (Phi) is 4.93. The highest BCUT2D eigenvalue weighted by Gasteiger charge is 2.21. The van der Waals surface area contributed by atoms with Crippen LogP contribution in [-0.4, -0.2) is 33.8 Å². The van der Waals surface area contributed by atoms with Crippen molar-refractivity contribution in [2.75, 3.05) is 13.1 Å². The van der Waals surface area contributed by atoms with Gasteiger partial charge >= 0.3 is 6.03 Å². The van der Waals surface area contributed by atoms with Crippen molar-refractivity contribution in [3.63, 3.8) is 0 Å². The van der Waals surface area contributed by atoms with Crippen LogP contribution in [0, 0.1) is 13.8 Å². The first kappa shape index (κ1) is 17.3. The maximum Gasteiger partial charge on any atom is 0.318 e. The van der Waals surface area contributed by atoms with Gasteiger partial charge in [0.05, 0.1) is 12.2 Å². The van der Waals surface area contributed by atoms with Gasteiger partial charge in [-0.25, -0.2) is 4.79 Å². The van der Waals surface area contributed by atoms with Crippen LogP contribution in [0.1, 0.15) is 41.8 Å². The van der Waals surface area contributed by atoms with E-state index in [1.165, 1.54) is 16.7 Å². The van der Waals surface area contributed by atoms with E-state index in [2.05, 4.69) is 47.7 Å². The molecule has 25 heavy (non-hydrogen) atoms. The summed E-state index contributed by atoms with van der Waals surface area (Å²) in [6.07, 6.45) is 4.88. The lowest BCUT2D eigenvalue weighted by molar-refractivity contribution is 0.199. The van der Waals surface area contributed by atoms with Crippen LogP contribution in [0.2, 0.25) is 0 Å². The number of nitrogens with zero attached hydrogens (tertiary/aromatic N) is 3. The molecule has 0 saturated heterocycles. The molecular formula is C20H26N4O. The van der Waals surface area contributed by atoms with Gasteiger partial charge < -0.3 is 10.2 Å². The minimum Gasteiger partial charge on any atom is -0.331 e. The third-order valence-corrected chi connectivity index (χ3v) is 4.96. The summed E-state index contributed by atoms with van der Waals surface area (Å²) >= 11 is 0. The molecule has 0 unspecified atom stereocenters. The topological polar surface area (TPSA) is 50.2 Å². The first-order valence-electron chi connectivity index (χ1n) is 8.75. The van der Waals surface area contributed by atoms with Gasteiger partial charge in [-0.1, -0.05) is 35.9 Å². The molecule has 5 heteroatoms. The van der Waals surface area contributed by atoms with Crippen LogP contribution in [0.15, 0.2) is 36.5 Å². The van der Waals surface area contributed by atoms with Gasteiger partial charge in [-0.2, -0.15) is 5.10 Å². The molecule has 132 valence electrons. The van der Waals surface area contributed by atoms with E-state index in [9.17, 15) is 4.79 Å². The Balaban J connectivity index is 1.62. The minimum absolute atomic E-state index is 0.0182. The second kappa shape index (κ2) is 7.13. The lowest BCUT2D eigenvalue weighted by Crippen LogP contribution is -2.43. The Bertz CT molecular complexity index is 806. The zero-order valence-corrected chi connectivity index (χ0v) is 15.4. The fourth-order valence-electron chi connectivity index (χ4n) is 3.26. The van der Waals surface area contributed by atoms with Gasteiger partial charge in [0.1, 0.15) is 0 Å². The van der Waals surface area contributed by atoms with E-state index < -0.39 is 0 Å². The number of nitrogens with one attached hydrogen (secondary N) is 1. The van der Waals surface area contributed by atoms with E-state index in [1.54, 1.807) is 0 Å². The van der Waals surface area contributed by atoms with E-state index in [0.29, 0.717) is 6.54 Å². The maximum atomic E-state index is 12.6. The first-order valence-corrected chi connectivity index (χ1v) is 8.75. The zero-order valence-electron chi connectivity index (χ0n) is 15.4. The standard InChI is InChI=1S/C20H26N4O/c1-14-6-5-7-18(12-14)17-8-10-24(11-9-17)20(25)22-15(2)19-13-21-23(4)16(19)3/h5-8,12-13,15H,9-11H2,1-4H3,(H,22,25)/t15-/m0/s1. The molecule has 1 atom stereocenters.